The first-order valence-corrected chi connectivity index (χ1v) is 8.01. The van der Waals surface area contributed by atoms with Crippen molar-refractivity contribution < 1.29 is 12.6 Å². The van der Waals surface area contributed by atoms with Gasteiger partial charge < -0.3 is 15.7 Å². The Morgan fingerprint density at radius 1 is 1.04 bits per heavy atom. The lowest BCUT2D eigenvalue weighted by atomic mass is 10.2. The Morgan fingerprint density at radius 2 is 1.65 bits per heavy atom. The Balaban J connectivity index is 2.12. The van der Waals surface area contributed by atoms with E-state index in [4.69, 9.17) is 15.7 Å². The third-order valence-electron chi connectivity index (χ3n) is 2.78. The van der Waals surface area contributed by atoms with Gasteiger partial charge in [-0.2, -0.15) is 13.5 Å². The highest BCUT2D eigenvalue weighted by atomic mass is 32.2. The molecule has 0 spiro atoms. The van der Waals surface area contributed by atoms with Crippen molar-refractivity contribution in [1.29, 1.82) is 0 Å². The van der Waals surface area contributed by atoms with Gasteiger partial charge in [0.25, 0.3) is 0 Å². The Hall–Kier alpha value is -2.87. The minimum absolute atomic E-state index is 0.0986. The van der Waals surface area contributed by atoms with E-state index in [-0.39, 0.29) is 16.6 Å². The molecule has 4 N–H and O–H groups in total. The highest BCUT2D eigenvalue weighted by Crippen LogP contribution is 2.19. The van der Waals surface area contributed by atoms with E-state index in [9.17, 15) is 8.42 Å². The first-order valence-electron chi connectivity index (χ1n) is 6.60. The van der Waals surface area contributed by atoms with Gasteiger partial charge in [0.05, 0.1) is 6.21 Å². The summed E-state index contributed by atoms with van der Waals surface area (Å²) in [5.41, 5.74) is 11.9. The molecule has 120 valence electrons. The van der Waals surface area contributed by atoms with Crippen LogP contribution in [0.3, 0.4) is 0 Å². The molecule has 0 bridgehead atoms. The number of nitrogens with zero attached hydrogens (tertiary/aromatic N) is 2. The minimum atomic E-state index is -3.86. The molecule has 0 saturated carbocycles. The summed E-state index contributed by atoms with van der Waals surface area (Å²) < 4.78 is 29.4. The van der Waals surface area contributed by atoms with E-state index in [0.717, 1.165) is 5.56 Å². The van der Waals surface area contributed by atoms with Crippen molar-refractivity contribution in [2.45, 2.75) is 11.8 Å². The topological polar surface area (TPSA) is 120 Å². The van der Waals surface area contributed by atoms with Crippen LogP contribution in [0.2, 0.25) is 0 Å². The van der Waals surface area contributed by atoms with E-state index < -0.39 is 10.1 Å². The number of guanidine groups is 1. The van der Waals surface area contributed by atoms with E-state index in [0.29, 0.717) is 5.56 Å². The van der Waals surface area contributed by atoms with Crippen LogP contribution in [0, 0.1) is 6.92 Å². The van der Waals surface area contributed by atoms with Gasteiger partial charge in [-0.25, -0.2) is 0 Å². The number of aryl methyl sites for hydroxylation is 1. The van der Waals surface area contributed by atoms with Crippen LogP contribution in [0.15, 0.2) is 63.6 Å². The zero-order valence-corrected chi connectivity index (χ0v) is 13.2. The van der Waals surface area contributed by atoms with Crippen LogP contribution < -0.4 is 15.7 Å². The molecule has 2 aromatic carbocycles. The lowest BCUT2D eigenvalue weighted by molar-refractivity contribution is 0.486. The van der Waals surface area contributed by atoms with Crippen molar-refractivity contribution in [1.82, 2.24) is 0 Å². The van der Waals surface area contributed by atoms with Gasteiger partial charge in [0.1, 0.15) is 10.6 Å². The molecule has 0 aliphatic heterocycles. The molecule has 0 unspecified atom stereocenters. The molecule has 0 amide bonds. The molecule has 8 heteroatoms. The molecule has 0 fully saturated rings. The second-order valence-electron chi connectivity index (χ2n) is 4.69. The summed E-state index contributed by atoms with van der Waals surface area (Å²) in [6.45, 7) is 1.87. The minimum Gasteiger partial charge on any atom is -0.379 e. The summed E-state index contributed by atoms with van der Waals surface area (Å²) in [7, 11) is -3.86. The van der Waals surface area contributed by atoms with Gasteiger partial charge in [0, 0.05) is 0 Å². The first kappa shape index (κ1) is 16.5. The predicted octanol–water partition coefficient (Wildman–Crippen LogP) is 1.37. The Morgan fingerprint density at radius 3 is 2.22 bits per heavy atom. The van der Waals surface area contributed by atoms with Gasteiger partial charge in [-0.05, 0) is 48.9 Å². The summed E-state index contributed by atoms with van der Waals surface area (Å²) in [5.74, 6) is 0.0509. The van der Waals surface area contributed by atoms with Crippen molar-refractivity contribution >= 4 is 22.3 Å². The Kier molecular flexibility index (Phi) is 4.97. The third-order valence-corrected chi connectivity index (χ3v) is 4.04. The summed E-state index contributed by atoms with van der Waals surface area (Å²) in [6.07, 6.45) is 1.43. The molecule has 7 nitrogen and oxygen atoms in total. The second kappa shape index (κ2) is 6.93. The van der Waals surface area contributed by atoms with Crippen LogP contribution in [0.4, 0.5) is 0 Å². The fraction of sp³-hybridized carbons (Fsp3) is 0.0667. The van der Waals surface area contributed by atoms with E-state index >= 15 is 0 Å². The maximum absolute atomic E-state index is 12.2. The average molecular weight is 332 g/mol. The standard InChI is InChI=1S/C15H16N4O3S/c1-11-2-8-14(9-3-11)23(20,21)22-13-6-4-12(5-7-13)10-18-19-15(16)17/h2-10H,1H3,(H4,16,17,19)/b18-10-. The molecule has 0 aliphatic carbocycles. The van der Waals surface area contributed by atoms with E-state index in [1.807, 2.05) is 6.92 Å². The molecule has 23 heavy (non-hydrogen) atoms. The van der Waals surface area contributed by atoms with Gasteiger partial charge in [-0.3, -0.25) is 0 Å². The first-order chi connectivity index (χ1) is 10.9. The van der Waals surface area contributed by atoms with Crippen molar-refractivity contribution in [2.75, 3.05) is 0 Å². The average Bonchev–Trinajstić information content (AvgIpc) is 2.49. The lowest BCUT2D eigenvalue weighted by Gasteiger charge is -2.07. The fourth-order valence-corrected chi connectivity index (χ4v) is 2.58. The zero-order valence-electron chi connectivity index (χ0n) is 12.4. The molecule has 0 aromatic heterocycles. The zero-order chi connectivity index (χ0) is 16.9. The summed E-state index contributed by atoms with van der Waals surface area (Å²) in [4.78, 5) is 0.0986. The Bertz CT molecular complexity index is 822. The molecule has 2 rings (SSSR count). The summed E-state index contributed by atoms with van der Waals surface area (Å²) in [5, 5.41) is 7.12. The fourth-order valence-electron chi connectivity index (χ4n) is 1.65. The number of benzene rings is 2. The van der Waals surface area contributed by atoms with E-state index in [1.165, 1.54) is 30.5 Å². The van der Waals surface area contributed by atoms with Crippen LogP contribution in [0.25, 0.3) is 0 Å². The van der Waals surface area contributed by atoms with Crippen LogP contribution in [-0.2, 0) is 10.1 Å². The van der Waals surface area contributed by atoms with Crippen molar-refractivity contribution in [3.05, 3.63) is 59.7 Å². The predicted molar refractivity (Wildman–Crippen MR) is 88.8 cm³/mol. The van der Waals surface area contributed by atoms with E-state index in [2.05, 4.69) is 10.2 Å². The molecular weight excluding hydrogens is 316 g/mol. The van der Waals surface area contributed by atoms with Crippen molar-refractivity contribution in [3.63, 3.8) is 0 Å². The van der Waals surface area contributed by atoms with Crippen LogP contribution in [0.5, 0.6) is 5.75 Å². The molecule has 0 radical (unpaired) electrons. The smallest absolute Gasteiger partial charge is 0.339 e. The SMILES string of the molecule is Cc1ccc(S(=O)(=O)Oc2ccc(/C=N\N=C(N)N)cc2)cc1. The van der Waals surface area contributed by atoms with Crippen molar-refractivity contribution in [2.24, 2.45) is 21.7 Å². The van der Waals surface area contributed by atoms with Gasteiger partial charge in [0.15, 0.2) is 0 Å². The van der Waals surface area contributed by atoms with Crippen molar-refractivity contribution in [3.8, 4) is 5.75 Å². The number of rotatable bonds is 5. The van der Waals surface area contributed by atoms with Gasteiger partial charge in [-0.15, -0.1) is 5.10 Å². The molecule has 0 heterocycles. The summed E-state index contributed by atoms with van der Waals surface area (Å²) >= 11 is 0. The highest BCUT2D eigenvalue weighted by Gasteiger charge is 2.16. The largest absolute Gasteiger partial charge is 0.379 e. The number of nitrogens with two attached hydrogens (primary N) is 2. The monoisotopic (exact) mass is 332 g/mol. The normalized spacial score (nSPS) is 11.3. The van der Waals surface area contributed by atoms with Crippen LogP contribution in [0.1, 0.15) is 11.1 Å². The third kappa shape index (κ3) is 4.82. The second-order valence-corrected chi connectivity index (χ2v) is 6.24. The van der Waals surface area contributed by atoms with Gasteiger partial charge in [-0.1, -0.05) is 17.7 Å². The maximum atomic E-state index is 12.2. The van der Waals surface area contributed by atoms with Crippen LogP contribution >= 0.6 is 0 Å². The molecule has 2 aromatic rings. The molecule has 0 atom stereocenters. The Labute approximate surface area is 134 Å². The number of hydrogen-bond donors (Lipinski definition) is 2. The highest BCUT2D eigenvalue weighted by molar-refractivity contribution is 7.87. The van der Waals surface area contributed by atoms with Gasteiger partial charge in [0.2, 0.25) is 5.96 Å². The molecule has 0 saturated heterocycles. The van der Waals surface area contributed by atoms with Gasteiger partial charge >= 0.3 is 10.1 Å². The summed E-state index contributed by atoms with van der Waals surface area (Å²) in [6, 6.07) is 12.7. The molecular formula is C15H16N4O3S. The number of hydrogen-bond acceptors (Lipinski definition) is 5. The quantitative estimate of drug-likeness (QED) is 0.371. The molecule has 0 aliphatic rings. The van der Waals surface area contributed by atoms with E-state index in [1.54, 1.807) is 24.3 Å². The maximum Gasteiger partial charge on any atom is 0.339 e. The van der Waals surface area contributed by atoms with Crippen LogP contribution in [-0.4, -0.2) is 20.6 Å². The lowest BCUT2D eigenvalue weighted by Crippen LogP contribution is -2.21.